The molecule has 1 aliphatic carbocycles. The van der Waals surface area contributed by atoms with E-state index < -0.39 is 0 Å². The highest BCUT2D eigenvalue weighted by molar-refractivity contribution is 5.61. The fourth-order valence-corrected chi connectivity index (χ4v) is 1.53. The van der Waals surface area contributed by atoms with E-state index in [1.54, 1.807) is 0 Å². The van der Waals surface area contributed by atoms with Gasteiger partial charge in [-0.25, -0.2) is 0 Å². The lowest BCUT2D eigenvalue weighted by molar-refractivity contribution is 1.16. The Hall–Kier alpha value is -1.30. The first-order valence-corrected chi connectivity index (χ1v) is 4.31. The van der Waals surface area contributed by atoms with E-state index in [2.05, 4.69) is 49.4 Å². The molecular formula is C12H12. The van der Waals surface area contributed by atoms with Crippen LogP contribution in [0.15, 0.2) is 42.0 Å². The molecule has 0 nitrogen and oxygen atoms in total. The van der Waals surface area contributed by atoms with Crippen molar-refractivity contribution in [3.63, 3.8) is 0 Å². The maximum atomic E-state index is 2.20. The zero-order valence-corrected chi connectivity index (χ0v) is 7.25. The molecule has 60 valence electrons. The molecule has 1 aliphatic rings. The van der Waals surface area contributed by atoms with Gasteiger partial charge in [0.1, 0.15) is 0 Å². The van der Waals surface area contributed by atoms with Crippen molar-refractivity contribution in [1.82, 2.24) is 0 Å². The van der Waals surface area contributed by atoms with Gasteiger partial charge in [0.2, 0.25) is 0 Å². The SMILES string of the molecule is CC=C1C=Cc2ccccc2C1. The Morgan fingerprint density at radius 2 is 2.00 bits per heavy atom. The van der Waals surface area contributed by atoms with Gasteiger partial charge in [0, 0.05) is 0 Å². The highest BCUT2D eigenvalue weighted by atomic mass is 14.1. The third-order valence-corrected chi connectivity index (χ3v) is 2.30. The molecule has 0 radical (unpaired) electrons. The number of rotatable bonds is 0. The van der Waals surface area contributed by atoms with E-state index in [1.807, 2.05) is 0 Å². The van der Waals surface area contributed by atoms with Crippen molar-refractivity contribution < 1.29 is 0 Å². The minimum Gasteiger partial charge on any atom is -0.0841 e. The predicted molar refractivity (Wildman–Crippen MR) is 52.9 cm³/mol. The van der Waals surface area contributed by atoms with Gasteiger partial charge < -0.3 is 0 Å². The fourth-order valence-electron chi connectivity index (χ4n) is 1.53. The van der Waals surface area contributed by atoms with Crippen molar-refractivity contribution in [2.75, 3.05) is 0 Å². The molecule has 12 heavy (non-hydrogen) atoms. The van der Waals surface area contributed by atoms with Crippen LogP contribution in [0.25, 0.3) is 6.08 Å². The number of hydrogen-bond acceptors (Lipinski definition) is 0. The van der Waals surface area contributed by atoms with Crippen molar-refractivity contribution in [1.29, 1.82) is 0 Å². The monoisotopic (exact) mass is 156 g/mol. The van der Waals surface area contributed by atoms with Crippen molar-refractivity contribution in [3.05, 3.63) is 53.1 Å². The van der Waals surface area contributed by atoms with E-state index >= 15 is 0 Å². The normalized spacial score (nSPS) is 17.9. The summed E-state index contributed by atoms with van der Waals surface area (Å²) >= 11 is 0. The second kappa shape index (κ2) is 2.98. The smallest absolute Gasteiger partial charge is 0.00231 e. The summed E-state index contributed by atoms with van der Waals surface area (Å²) in [5, 5.41) is 0. The number of benzene rings is 1. The maximum absolute atomic E-state index is 2.20. The molecule has 0 bridgehead atoms. The highest BCUT2D eigenvalue weighted by Gasteiger charge is 2.04. The summed E-state index contributed by atoms with van der Waals surface area (Å²) in [5.41, 5.74) is 4.21. The van der Waals surface area contributed by atoms with Crippen LogP contribution in [-0.2, 0) is 6.42 Å². The molecule has 1 aromatic carbocycles. The standard InChI is InChI=1S/C12H12/c1-2-10-7-8-11-5-3-4-6-12(11)9-10/h2-8H,9H2,1H3. The molecule has 0 spiro atoms. The molecule has 0 N–H and O–H groups in total. The van der Waals surface area contributed by atoms with E-state index in [4.69, 9.17) is 0 Å². The first-order chi connectivity index (χ1) is 5.90. The van der Waals surface area contributed by atoms with Gasteiger partial charge in [0.15, 0.2) is 0 Å². The molecule has 0 aliphatic heterocycles. The quantitative estimate of drug-likeness (QED) is 0.541. The Bertz CT molecular complexity index is 343. The molecular weight excluding hydrogens is 144 g/mol. The van der Waals surface area contributed by atoms with Crippen molar-refractivity contribution in [2.24, 2.45) is 0 Å². The Kier molecular flexibility index (Phi) is 1.83. The Morgan fingerprint density at radius 1 is 1.17 bits per heavy atom. The molecule has 2 rings (SSSR count). The summed E-state index contributed by atoms with van der Waals surface area (Å²) in [6.45, 7) is 2.09. The van der Waals surface area contributed by atoms with E-state index in [0.717, 1.165) is 6.42 Å². The molecule has 1 aromatic rings. The van der Waals surface area contributed by atoms with Crippen LogP contribution in [0.2, 0.25) is 0 Å². The van der Waals surface area contributed by atoms with Gasteiger partial charge in [0.25, 0.3) is 0 Å². The summed E-state index contributed by atoms with van der Waals surface area (Å²) in [4.78, 5) is 0. The summed E-state index contributed by atoms with van der Waals surface area (Å²) in [7, 11) is 0. The van der Waals surface area contributed by atoms with Crippen LogP contribution < -0.4 is 0 Å². The molecule has 0 fully saturated rings. The van der Waals surface area contributed by atoms with E-state index in [9.17, 15) is 0 Å². The Balaban J connectivity index is 2.46. The molecule has 0 aromatic heterocycles. The second-order valence-electron chi connectivity index (χ2n) is 3.07. The molecule has 0 heterocycles. The first-order valence-electron chi connectivity index (χ1n) is 4.31. The van der Waals surface area contributed by atoms with Crippen molar-refractivity contribution in [2.45, 2.75) is 13.3 Å². The van der Waals surface area contributed by atoms with Crippen LogP contribution >= 0.6 is 0 Å². The number of allylic oxidation sites excluding steroid dienone is 3. The minimum absolute atomic E-state index is 1.09. The maximum Gasteiger partial charge on any atom is -0.00231 e. The van der Waals surface area contributed by atoms with Crippen molar-refractivity contribution in [3.8, 4) is 0 Å². The summed E-state index contributed by atoms with van der Waals surface area (Å²) < 4.78 is 0. The molecule has 0 saturated heterocycles. The Labute approximate surface area is 73.2 Å². The van der Waals surface area contributed by atoms with Crippen LogP contribution in [0.5, 0.6) is 0 Å². The molecule has 0 saturated carbocycles. The zero-order chi connectivity index (χ0) is 8.39. The third-order valence-electron chi connectivity index (χ3n) is 2.30. The topological polar surface area (TPSA) is 0 Å². The van der Waals surface area contributed by atoms with E-state index in [-0.39, 0.29) is 0 Å². The third kappa shape index (κ3) is 1.20. The van der Waals surface area contributed by atoms with Crippen LogP contribution in [-0.4, -0.2) is 0 Å². The summed E-state index contributed by atoms with van der Waals surface area (Å²) in [5.74, 6) is 0. The lowest BCUT2D eigenvalue weighted by atomic mass is 9.94. The van der Waals surface area contributed by atoms with E-state index in [1.165, 1.54) is 16.7 Å². The van der Waals surface area contributed by atoms with Gasteiger partial charge in [-0.3, -0.25) is 0 Å². The second-order valence-corrected chi connectivity index (χ2v) is 3.07. The van der Waals surface area contributed by atoms with Crippen LogP contribution in [0.3, 0.4) is 0 Å². The molecule has 0 unspecified atom stereocenters. The average Bonchev–Trinajstić information content (AvgIpc) is 2.17. The van der Waals surface area contributed by atoms with Crippen LogP contribution in [0, 0.1) is 0 Å². The largest absolute Gasteiger partial charge is 0.0841 e. The van der Waals surface area contributed by atoms with E-state index in [0.29, 0.717) is 0 Å². The fraction of sp³-hybridized carbons (Fsp3) is 0.167. The average molecular weight is 156 g/mol. The summed E-state index contributed by atoms with van der Waals surface area (Å²) in [6, 6.07) is 8.55. The molecule has 0 atom stereocenters. The van der Waals surface area contributed by atoms with Crippen LogP contribution in [0.4, 0.5) is 0 Å². The lowest BCUT2D eigenvalue weighted by Crippen LogP contribution is -1.95. The number of hydrogen-bond donors (Lipinski definition) is 0. The van der Waals surface area contributed by atoms with Gasteiger partial charge in [-0.1, -0.05) is 42.5 Å². The number of fused-ring (bicyclic) bond motifs is 1. The van der Waals surface area contributed by atoms with Gasteiger partial charge >= 0.3 is 0 Å². The molecule has 0 amide bonds. The van der Waals surface area contributed by atoms with Gasteiger partial charge in [-0.15, -0.1) is 0 Å². The van der Waals surface area contributed by atoms with Gasteiger partial charge in [0.05, 0.1) is 0 Å². The minimum atomic E-state index is 1.09. The highest BCUT2D eigenvalue weighted by Crippen LogP contribution is 2.21. The van der Waals surface area contributed by atoms with Crippen LogP contribution in [0.1, 0.15) is 18.1 Å². The Morgan fingerprint density at radius 3 is 2.83 bits per heavy atom. The lowest BCUT2D eigenvalue weighted by Gasteiger charge is -2.11. The van der Waals surface area contributed by atoms with Gasteiger partial charge in [-0.05, 0) is 30.0 Å². The first kappa shape index (κ1) is 7.35. The molecule has 0 heteroatoms. The van der Waals surface area contributed by atoms with Crippen molar-refractivity contribution >= 4 is 6.08 Å². The van der Waals surface area contributed by atoms with Gasteiger partial charge in [-0.2, -0.15) is 0 Å². The summed E-state index contributed by atoms with van der Waals surface area (Å²) in [6.07, 6.45) is 7.64. The predicted octanol–water partition coefficient (Wildman–Crippen LogP) is 3.20. The zero-order valence-electron chi connectivity index (χ0n) is 7.25.